The topological polar surface area (TPSA) is 62.3 Å². The van der Waals surface area contributed by atoms with Gasteiger partial charge in [0.25, 0.3) is 5.78 Å². The highest BCUT2D eigenvalue weighted by molar-refractivity contribution is 6.22. The van der Waals surface area contributed by atoms with Crippen molar-refractivity contribution in [1.29, 1.82) is 5.26 Å². The fourth-order valence-electron chi connectivity index (χ4n) is 1.24. The van der Waals surface area contributed by atoms with Crippen LogP contribution >= 0.6 is 0 Å². The molecule has 0 heterocycles. The van der Waals surface area contributed by atoms with E-state index in [1.54, 1.807) is 18.2 Å². The Morgan fingerprint density at radius 2 is 1.94 bits per heavy atom. The van der Waals surface area contributed by atoms with Crippen LogP contribution in [0.25, 0.3) is 4.85 Å². The van der Waals surface area contributed by atoms with Crippen molar-refractivity contribution in [2.24, 2.45) is 0 Å². The fraction of sp³-hybridized carbons (Fsp3) is 0.167. The van der Waals surface area contributed by atoms with Gasteiger partial charge in [0.1, 0.15) is 0 Å². The molecule has 0 saturated carbocycles. The zero-order valence-electron chi connectivity index (χ0n) is 8.60. The average Bonchev–Trinajstić information content (AvgIpc) is 2.32. The van der Waals surface area contributed by atoms with Crippen LogP contribution in [0.1, 0.15) is 17.3 Å². The molecule has 0 saturated heterocycles. The van der Waals surface area contributed by atoms with Crippen LogP contribution in [0, 0.1) is 17.9 Å². The first-order chi connectivity index (χ1) is 7.58. The molecular weight excluding hydrogens is 204 g/mol. The van der Waals surface area contributed by atoms with Crippen LogP contribution in [0.15, 0.2) is 30.3 Å². The van der Waals surface area contributed by atoms with E-state index in [4.69, 9.17) is 11.8 Å². The number of hydrogen-bond acceptors (Lipinski definition) is 3. The molecule has 0 fully saturated rings. The summed E-state index contributed by atoms with van der Waals surface area (Å²) in [5.41, 5.74) is -2.04. The molecule has 78 valence electrons. The first kappa shape index (κ1) is 11.6. The molecule has 4 heteroatoms. The minimum Gasteiger partial charge on any atom is -0.289 e. The minimum absolute atomic E-state index is 0.190. The molecule has 4 nitrogen and oxygen atoms in total. The quantitative estimate of drug-likeness (QED) is 0.434. The molecular formula is C12H8N2O2. The van der Waals surface area contributed by atoms with Crippen LogP contribution < -0.4 is 0 Å². The summed E-state index contributed by atoms with van der Waals surface area (Å²) in [7, 11) is 0. The standard InChI is InChI=1S/C12H8N2O2/c1-9(15)12(8-13,14-2)11(16)10-6-4-3-5-7-10/h3-7H,1H3. The van der Waals surface area contributed by atoms with Crippen LogP contribution in [-0.4, -0.2) is 17.1 Å². The molecule has 0 aromatic heterocycles. The highest BCUT2D eigenvalue weighted by Crippen LogP contribution is 2.19. The summed E-state index contributed by atoms with van der Waals surface area (Å²) in [6, 6.07) is 9.39. The van der Waals surface area contributed by atoms with Gasteiger partial charge in [0, 0.05) is 12.5 Å². The van der Waals surface area contributed by atoms with E-state index in [2.05, 4.69) is 4.85 Å². The smallest absolute Gasteiger partial charge is 0.289 e. The lowest BCUT2D eigenvalue weighted by Gasteiger charge is -2.08. The Bertz CT molecular complexity index is 492. The number of benzene rings is 1. The molecule has 0 aliphatic heterocycles. The number of carbonyl (C=O) groups is 2. The van der Waals surface area contributed by atoms with Crippen LogP contribution in [0.3, 0.4) is 0 Å². The van der Waals surface area contributed by atoms with Crippen molar-refractivity contribution in [1.82, 2.24) is 0 Å². The van der Waals surface area contributed by atoms with Crippen molar-refractivity contribution in [3.8, 4) is 6.07 Å². The van der Waals surface area contributed by atoms with Gasteiger partial charge in [-0.15, -0.1) is 0 Å². The monoisotopic (exact) mass is 212 g/mol. The van der Waals surface area contributed by atoms with E-state index in [-0.39, 0.29) is 5.56 Å². The summed E-state index contributed by atoms with van der Waals surface area (Å²) in [5, 5.41) is 8.87. The van der Waals surface area contributed by atoms with Crippen molar-refractivity contribution in [2.75, 3.05) is 0 Å². The molecule has 0 spiro atoms. The second-order valence-corrected chi connectivity index (χ2v) is 3.19. The molecule has 0 radical (unpaired) electrons. The van der Waals surface area contributed by atoms with E-state index in [0.717, 1.165) is 6.92 Å². The van der Waals surface area contributed by atoms with Gasteiger partial charge in [-0.05, 0) is 0 Å². The Kier molecular flexibility index (Phi) is 3.17. The van der Waals surface area contributed by atoms with E-state index < -0.39 is 17.1 Å². The Labute approximate surface area is 92.9 Å². The van der Waals surface area contributed by atoms with Crippen molar-refractivity contribution < 1.29 is 9.59 Å². The second-order valence-electron chi connectivity index (χ2n) is 3.19. The normalized spacial score (nSPS) is 12.9. The Morgan fingerprint density at radius 3 is 2.31 bits per heavy atom. The highest BCUT2D eigenvalue weighted by Gasteiger charge is 2.51. The second kappa shape index (κ2) is 4.37. The van der Waals surface area contributed by atoms with Gasteiger partial charge >= 0.3 is 5.54 Å². The lowest BCUT2D eigenvalue weighted by molar-refractivity contribution is -0.118. The van der Waals surface area contributed by atoms with Gasteiger partial charge in [-0.3, -0.25) is 14.4 Å². The lowest BCUT2D eigenvalue weighted by atomic mass is 9.88. The molecule has 0 aliphatic rings. The van der Waals surface area contributed by atoms with E-state index in [9.17, 15) is 9.59 Å². The SMILES string of the molecule is [C-]#[N+]C(C#N)(C(C)=O)C(=O)c1ccccc1. The molecule has 1 rings (SSSR count). The number of nitriles is 1. The maximum atomic E-state index is 11.9. The molecule has 16 heavy (non-hydrogen) atoms. The average molecular weight is 212 g/mol. The maximum absolute atomic E-state index is 11.9. The molecule has 0 aliphatic carbocycles. The van der Waals surface area contributed by atoms with Crippen molar-refractivity contribution >= 4 is 11.6 Å². The molecule has 0 bridgehead atoms. The number of nitrogens with zero attached hydrogens (tertiary/aromatic N) is 2. The molecule has 1 atom stereocenters. The molecule has 0 amide bonds. The van der Waals surface area contributed by atoms with E-state index in [1.807, 2.05) is 0 Å². The van der Waals surface area contributed by atoms with Gasteiger partial charge in [0.15, 0.2) is 6.07 Å². The number of hydrogen-bond donors (Lipinski definition) is 0. The van der Waals surface area contributed by atoms with Crippen molar-refractivity contribution in [2.45, 2.75) is 12.5 Å². The number of ketones is 2. The lowest BCUT2D eigenvalue weighted by Crippen LogP contribution is -2.40. The first-order valence-electron chi connectivity index (χ1n) is 4.49. The highest BCUT2D eigenvalue weighted by atomic mass is 16.2. The molecule has 1 aromatic carbocycles. The number of Topliss-reactive ketones (excluding diaryl/α,β-unsaturated/α-hetero) is 2. The van der Waals surface area contributed by atoms with Gasteiger partial charge in [-0.2, -0.15) is 5.26 Å². The van der Waals surface area contributed by atoms with E-state index >= 15 is 0 Å². The zero-order valence-corrected chi connectivity index (χ0v) is 8.60. The Balaban J connectivity index is 3.30. The number of rotatable bonds is 3. The van der Waals surface area contributed by atoms with Gasteiger partial charge in [-0.25, -0.2) is 6.57 Å². The fourth-order valence-corrected chi connectivity index (χ4v) is 1.24. The van der Waals surface area contributed by atoms with Gasteiger partial charge in [0.05, 0.1) is 0 Å². The minimum atomic E-state index is -2.23. The van der Waals surface area contributed by atoms with Crippen molar-refractivity contribution in [3.63, 3.8) is 0 Å². The van der Waals surface area contributed by atoms with Gasteiger partial charge in [-0.1, -0.05) is 30.3 Å². The number of carbonyl (C=O) groups excluding carboxylic acids is 2. The largest absolute Gasteiger partial charge is 0.434 e. The van der Waals surface area contributed by atoms with E-state index in [1.165, 1.54) is 18.2 Å². The summed E-state index contributed by atoms with van der Waals surface area (Å²) in [6.07, 6.45) is 0. The molecule has 1 aromatic rings. The molecule has 0 N–H and O–H groups in total. The predicted molar refractivity (Wildman–Crippen MR) is 56.4 cm³/mol. The zero-order chi connectivity index (χ0) is 12.2. The Morgan fingerprint density at radius 1 is 1.38 bits per heavy atom. The first-order valence-corrected chi connectivity index (χ1v) is 4.49. The van der Waals surface area contributed by atoms with Crippen LogP contribution in [0.2, 0.25) is 0 Å². The van der Waals surface area contributed by atoms with Gasteiger partial charge in [0.2, 0.25) is 5.78 Å². The third-order valence-corrected chi connectivity index (χ3v) is 2.20. The summed E-state index contributed by atoms with van der Waals surface area (Å²) < 4.78 is 0. The van der Waals surface area contributed by atoms with Crippen LogP contribution in [0.5, 0.6) is 0 Å². The molecule has 1 unspecified atom stereocenters. The summed E-state index contributed by atoms with van der Waals surface area (Å²) >= 11 is 0. The summed E-state index contributed by atoms with van der Waals surface area (Å²) in [6.45, 7) is 7.95. The van der Waals surface area contributed by atoms with Crippen LogP contribution in [-0.2, 0) is 4.79 Å². The van der Waals surface area contributed by atoms with E-state index in [0.29, 0.717) is 0 Å². The third-order valence-electron chi connectivity index (χ3n) is 2.20. The summed E-state index contributed by atoms with van der Waals surface area (Å²) in [4.78, 5) is 26.1. The third kappa shape index (κ3) is 1.69. The van der Waals surface area contributed by atoms with Crippen molar-refractivity contribution in [3.05, 3.63) is 47.3 Å². The Hall–Kier alpha value is -2.46. The van der Waals surface area contributed by atoms with Crippen LogP contribution in [0.4, 0.5) is 0 Å². The van der Waals surface area contributed by atoms with Gasteiger partial charge < -0.3 is 0 Å². The maximum Gasteiger partial charge on any atom is 0.434 e. The summed E-state index contributed by atoms with van der Waals surface area (Å²) in [5.74, 6) is -1.52. The predicted octanol–water partition coefficient (Wildman–Crippen LogP) is 1.64.